The smallest absolute Gasteiger partial charge is 0.251 e. The van der Waals surface area contributed by atoms with E-state index in [1.807, 2.05) is 36.1 Å². The van der Waals surface area contributed by atoms with Crippen LogP contribution in [0.2, 0.25) is 0 Å². The summed E-state index contributed by atoms with van der Waals surface area (Å²) in [7, 11) is 0. The molecule has 1 aliphatic heterocycles. The molecule has 3 N–H and O–H groups in total. The van der Waals surface area contributed by atoms with Gasteiger partial charge >= 0.3 is 0 Å². The van der Waals surface area contributed by atoms with Gasteiger partial charge in [0, 0.05) is 30.8 Å². The minimum Gasteiger partial charge on any atom is -0.508 e. The maximum absolute atomic E-state index is 12.6. The molecule has 7 heteroatoms. The Morgan fingerprint density at radius 1 is 1.07 bits per heavy atom. The first-order chi connectivity index (χ1) is 13.9. The van der Waals surface area contributed by atoms with Gasteiger partial charge in [0.25, 0.3) is 5.91 Å². The molecule has 1 fully saturated rings. The number of phenols is 2. The van der Waals surface area contributed by atoms with Crippen LogP contribution in [0.1, 0.15) is 35.7 Å². The zero-order valence-electron chi connectivity index (χ0n) is 16.4. The average Bonchev–Trinajstić information content (AvgIpc) is 2.69. The van der Waals surface area contributed by atoms with Crippen molar-refractivity contribution in [1.82, 2.24) is 10.2 Å². The molecule has 1 heterocycles. The summed E-state index contributed by atoms with van der Waals surface area (Å²) in [6.45, 7) is 3.69. The highest BCUT2D eigenvalue weighted by Crippen LogP contribution is 2.21. The number of amides is 2. The van der Waals surface area contributed by atoms with Crippen LogP contribution in [0, 0.1) is 0 Å². The van der Waals surface area contributed by atoms with Gasteiger partial charge in [-0.1, -0.05) is 12.1 Å². The number of likely N-dealkylation sites (tertiary alicyclic amines) is 1. The van der Waals surface area contributed by atoms with E-state index in [0.29, 0.717) is 39.0 Å². The van der Waals surface area contributed by atoms with E-state index in [4.69, 9.17) is 4.74 Å². The zero-order chi connectivity index (χ0) is 20.8. The first-order valence-electron chi connectivity index (χ1n) is 9.78. The first-order valence-corrected chi connectivity index (χ1v) is 9.78. The number of hydrogen-bond acceptors (Lipinski definition) is 5. The van der Waals surface area contributed by atoms with Gasteiger partial charge in [-0.25, -0.2) is 0 Å². The Bertz CT molecular complexity index is 838. The molecule has 0 unspecified atom stereocenters. The van der Waals surface area contributed by atoms with Crippen molar-refractivity contribution in [3.05, 3.63) is 53.6 Å². The Balaban J connectivity index is 1.48. The van der Waals surface area contributed by atoms with E-state index >= 15 is 0 Å². The van der Waals surface area contributed by atoms with Crippen molar-refractivity contribution in [3.8, 4) is 17.2 Å². The van der Waals surface area contributed by atoms with Gasteiger partial charge in [-0.15, -0.1) is 0 Å². The monoisotopic (exact) mass is 398 g/mol. The number of piperidine rings is 1. The summed E-state index contributed by atoms with van der Waals surface area (Å²) in [4.78, 5) is 26.7. The third-order valence-corrected chi connectivity index (χ3v) is 4.94. The fraction of sp³-hybridized carbons (Fsp3) is 0.364. The summed E-state index contributed by atoms with van der Waals surface area (Å²) in [6.07, 6.45) is 1.66. The second-order valence-electron chi connectivity index (χ2n) is 7.12. The number of benzene rings is 2. The van der Waals surface area contributed by atoms with Crippen LogP contribution >= 0.6 is 0 Å². The highest BCUT2D eigenvalue weighted by atomic mass is 16.5. The topological polar surface area (TPSA) is 99.1 Å². The molecule has 0 aromatic heterocycles. The van der Waals surface area contributed by atoms with Gasteiger partial charge in [0.2, 0.25) is 5.91 Å². The van der Waals surface area contributed by atoms with Crippen LogP contribution in [0.25, 0.3) is 0 Å². The van der Waals surface area contributed by atoms with Gasteiger partial charge in [-0.2, -0.15) is 0 Å². The third kappa shape index (κ3) is 5.63. The molecule has 0 spiro atoms. The average molecular weight is 398 g/mol. The van der Waals surface area contributed by atoms with Crippen molar-refractivity contribution in [3.63, 3.8) is 0 Å². The molecular weight excluding hydrogens is 372 g/mol. The molecule has 0 atom stereocenters. The van der Waals surface area contributed by atoms with Crippen molar-refractivity contribution in [2.75, 3.05) is 19.7 Å². The van der Waals surface area contributed by atoms with Crippen molar-refractivity contribution >= 4 is 11.8 Å². The largest absolute Gasteiger partial charge is 0.508 e. The number of phenolic OH excluding ortho intramolecular Hbond substituents is 2. The van der Waals surface area contributed by atoms with Crippen LogP contribution < -0.4 is 10.1 Å². The SMILES string of the molecule is CCOc1ccc(CC(=O)N2CCC(NC(=O)c3cc(O)cc(O)c3)CC2)cc1. The minimum atomic E-state index is -0.352. The quantitative estimate of drug-likeness (QED) is 0.694. The Hall–Kier alpha value is -3.22. The summed E-state index contributed by atoms with van der Waals surface area (Å²) >= 11 is 0. The lowest BCUT2D eigenvalue weighted by Gasteiger charge is -2.32. The second kappa shape index (κ2) is 9.32. The van der Waals surface area contributed by atoms with E-state index in [0.717, 1.165) is 11.3 Å². The molecule has 7 nitrogen and oxygen atoms in total. The van der Waals surface area contributed by atoms with Crippen LogP contribution in [0.4, 0.5) is 0 Å². The van der Waals surface area contributed by atoms with Gasteiger partial charge in [0.15, 0.2) is 0 Å². The van der Waals surface area contributed by atoms with Gasteiger partial charge in [0.05, 0.1) is 13.0 Å². The lowest BCUT2D eigenvalue weighted by atomic mass is 10.0. The highest BCUT2D eigenvalue weighted by molar-refractivity contribution is 5.95. The Morgan fingerprint density at radius 2 is 1.69 bits per heavy atom. The van der Waals surface area contributed by atoms with E-state index in [-0.39, 0.29) is 34.9 Å². The normalized spacial score (nSPS) is 14.4. The number of rotatable bonds is 6. The molecule has 1 saturated heterocycles. The van der Waals surface area contributed by atoms with E-state index in [9.17, 15) is 19.8 Å². The summed E-state index contributed by atoms with van der Waals surface area (Å²) in [5, 5.41) is 21.9. The molecule has 2 aromatic rings. The highest BCUT2D eigenvalue weighted by Gasteiger charge is 2.24. The van der Waals surface area contributed by atoms with Crippen LogP contribution in [0.15, 0.2) is 42.5 Å². The Kier molecular flexibility index (Phi) is 6.59. The van der Waals surface area contributed by atoms with Crippen molar-refractivity contribution in [1.29, 1.82) is 0 Å². The van der Waals surface area contributed by atoms with Crippen molar-refractivity contribution < 1.29 is 24.5 Å². The summed E-state index contributed by atoms with van der Waals surface area (Å²) in [6, 6.07) is 11.3. The number of ether oxygens (including phenoxy) is 1. The minimum absolute atomic E-state index is 0.0542. The number of aromatic hydroxyl groups is 2. The molecule has 0 aliphatic carbocycles. The summed E-state index contributed by atoms with van der Waals surface area (Å²) in [5.74, 6) is 0.183. The first kappa shape index (κ1) is 20.5. The Labute approximate surface area is 169 Å². The number of carbonyl (C=O) groups is 2. The Morgan fingerprint density at radius 3 is 2.28 bits per heavy atom. The second-order valence-corrected chi connectivity index (χ2v) is 7.12. The molecule has 3 rings (SSSR count). The number of nitrogens with zero attached hydrogens (tertiary/aromatic N) is 1. The molecule has 2 amide bonds. The van der Waals surface area contributed by atoms with Crippen LogP contribution in [-0.4, -0.2) is 52.7 Å². The standard InChI is InChI=1S/C22H26N2O5/c1-2-29-20-5-3-15(4-6-20)11-21(27)24-9-7-17(8-10-24)23-22(28)16-12-18(25)14-19(26)13-16/h3-6,12-14,17,25-26H,2,7-11H2,1H3,(H,23,28). The van der Waals surface area contributed by atoms with Gasteiger partial charge < -0.3 is 25.2 Å². The van der Waals surface area contributed by atoms with Crippen LogP contribution in [0.3, 0.4) is 0 Å². The van der Waals surface area contributed by atoms with Gasteiger partial charge in [-0.3, -0.25) is 9.59 Å². The van der Waals surface area contributed by atoms with Crippen LogP contribution in [-0.2, 0) is 11.2 Å². The molecule has 1 aliphatic rings. The predicted octanol–water partition coefficient (Wildman–Crippen LogP) is 2.46. The maximum atomic E-state index is 12.6. The fourth-order valence-electron chi connectivity index (χ4n) is 3.42. The zero-order valence-corrected chi connectivity index (χ0v) is 16.4. The van der Waals surface area contributed by atoms with E-state index in [1.54, 1.807) is 0 Å². The summed E-state index contributed by atoms with van der Waals surface area (Å²) in [5.41, 5.74) is 1.15. The van der Waals surface area contributed by atoms with Gasteiger partial charge in [0.1, 0.15) is 17.2 Å². The maximum Gasteiger partial charge on any atom is 0.251 e. The number of nitrogens with one attached hydrogen (secondary N) is 1. The fourth-order valence-corrected chi connectivity index (χ4v) is 3.42. The lowest BCUT2D eigenvalue weighted by Crippen LogP contribution is -2.46. The molecule has 29 heavy (non-hydrogen) atoms. The number of carbonyl (C=O) groups excluding carboxylic acids is 2. The molecule has 0 radical (unpaired) electrons. The molecule has 154 valence electrons. The molecule has 0 saturated carbocycles. The van der Waals surface area contributed by atoms with E-state index in [2.05, 4.69) is 5.32 Å². The van der Waals surface area contributed by atoms with Gasteiger partial charge in [-0.05, 0) is 49.6 Å². The van der Waals surface area contributed by atoms with E-state index < -0.39 is 0 Å². The summed E-state index contributed by atoms with van der Waals surface area (Å²) < 4.78 is 5.41. The molecular formula is C22H26N2O5. The number of hydrogen-bond donors (Lipinski definition) is 3. The molecule has 0 bridgehead atoms. The van der Waals surface area contributed by atoms with Crippen molar-refractivity contribution in [2.24, 2.45) is 0 Å². The third-order valence-electron chi connectivity index (χ3n) is 4.94. The van der Waals surface area contributed by atoms with Crippen molar-refractivity contribution in [2.45, 2.75) is 32.2 Å². The molecule has 2 aromatic carbocycles. The predicted molar refractivity (Wildman–Crippen MR) is 108 cm³/mol. The lowest BCUT2D eigenvalue weighted by molar-refractivity contribution is -0.131. The van der Waals surface area contributed by atoms with E-state index in [1.165, 1.54) is 18.2 Å². The van der Waals surface area contributed by atoms with Crippen LogP contribution in [0.5, 0.6) is 17.2 Å².